The molecular formula is C28H37N3O6S. The maximum Gasteiger partial charge on any atom is 0.308 e. The highest BCUT2D eigenvalue weighted by atomic mass is 32.2. The Kier molecular flexibility index (Phi) is 7.61. The average Bonchev–Trinajstić information content (AvgIpc) is 3.49. The number of thioether (sulfide) groups is 1. The van der Waals surface area contributed by atoms with Crippen molar-refractivity contribution in [1.29, 1.82) is 0 Å². The molecule has 206 valence electrons. The summed E-state index contributed by atoms with van der Waals surface area (Å²) < 4.78 is 3.98. The van der Waals surface area contributed by atoms with Crippen LogP contribution in [0.1, 0.15) is 31.4 Å². The number of rotatable bonds is 10. The van der Waals surface area contributed by atoms with Crippen LogP contribution >= 0.6 is 11.8 Å². The van der Waals surface area contributed by atoms with Crippen LogP contribution in [0.2, 0.25) is 0 Å². The topological polar surface area (TPSA) is 111 Å². The number of carboxylic acid groups (broad SMARTS) is 1. The van der Waals surface area contributed by atoms with Gasteiger partial charge in [-0.1, -0.05) is 36.4 Å². The van der Waals surface area contributed by atoms with Crippen molar-refractivity contribution in [2.75, 3.05) is 52.5 Å². The van der Waals surface area contributed by atoms with Crippen LogP contribution in [0.25, 0.3) is 0 Å². The minimum absolute atomic E-state index is 0.203. The van der Waals surface area contributed by atoms with Crippen LogP contribution in [-0.2, 0) is 19.1 Å². The maximum absolute atomic E-state index is 14.5. The summed E-state index contributed by atoms with van der Waals surface area (Å²) in [6.45, 7) is 9.79. The lowest BCUT2D eigenvalue weighted by atomic mass is 9.66. The molecule has 4 fully saturated rings. The molecule has 0 radical (unpaired) electrons. The first-order valence-corrected chi connectivity index (χ1v) is 14.2. The number of carbonyl (C=O) groups is 3. The number of benzene rings is 1. The quantitative estimate of drug-likeness (QED) is 0.429. The fraction of sp³-hybridized carbons (Fsp3) is 0.607. The van der Waals surface area contributed by atoms with Gasteiger partial charge in [-0.05, 0) is 25.3 Å². The number of carboxylic acids is 1. The summed E-state index contributed by atoms with van der Waals surface area (Å²) in [4.78, 5) is 46.8. The molecule has 0 aliphatic carbocycles. The Morgan fingerprint density at radius 3 is 2.61 bits per heavy atom. The van der Waals surface area contributed by atoms with Crippen LogP contribution in [0.5, 0.6) is 0 Å². The molecule has 2 unspecified atom stereocenters. The van der Waals surface area contributed by atoms with Crippen molar-refractivity contribution in [3.8, 4) is 0 Å². The van der Waals surface area contributed by atoms with E-state index in [9.17, 15) is 24.6 Å². The van der Waals surface area contributed by atoms with Gasteiger partial charge < -0.3 is 24.7 Å². The Hall–Kier alpha value is -2.40. The van der Waals surface area contributed by atoms with Gasteiger partial charge in [-0.3, -0.25) is 19.3 Å². The van der Waals surface area contributed by atoms with Crippen LogP contribution in [0.3, 0.4) is 0 Å². The smallest absolute Gasteiger partial charge is 0.308 e. The minimum Gasteiger partial charge on any atom is -0.481 e. The van der Waals surface area contributed by atoms with Gasteiger partial charge in [0.25, 0.3) is 0 Å². The van der Waals surface area contributed by atoms with E-state index < -0.39 is 39.4 Å². The number of hydrogen-bond donors (Lipinski definition) is 2. The first-order chi connectivity index (χ1) is 18.3. The van der Waals surface area contributed by atoms with Gasteiger partial charge in [0.05, 0.1) is 42.4 Å². The van der Waals surface area contributed by atoms with Crippen LogP contribution in [0, 0.1) is 11.8 Å². The second kappa shape index (κ2) is 10.6. The number of nitrogens with zero attached hydrogens (tertiary/aromatic N) is 3. The lowest BCUT2D eigenvalue weighted by Crippen LogP contribution is -2.56. The van der Waals surface area contributed by atoms with Crippen molar-refractivity contribution in [2.45, 2.75) is 41.3 Å². The van der Waals surface area contributed by atoms with Crippen molar-refractivity contribution in [2.24, 2.45) is 11.8 Å². The Morgan fingerprint density at radius 2 is 1.97 bits per heavy atom. The van der Waals surface area contributed by atoms with E-state index in [0.29, 0.717) is 45.7 Å². The second-order valence-corrected chi connectivity index (χ2v) is 12.8. The number of fused-ring (bicyclic) bond motifs is 1. The number of hydrogen-bond acceptors (Lipinski definition) is 7. The van der Waals surface area contributed by atoms with Gasteiger partial charge >= 0.3 is 5.97 Å². The van der Waals surface area contributed by atoms with Gasteiger partial charge in [0.2, 0.25) is 11.8 Å². The molecule has 9 nitrogen and oxygen atoms in total. The van der Waals surface area contributed by atoms with E-state index in [1.165, 1.54) is 16.7 Å². The molecule has 4 aliphatic rings. The van der Waals surface area contributed by atoms with Crippen molar-refractivity contribution in [3.63, 3.8) is 0 Å². The van der Waals surface area contributed by atoms with Crippen LogP contribution in [0.15, 0.2) is 43.0 Å². The summed E-state index contributed by atoms with van der Waals surface area (Å²) in [6.07, 6.45) is 2.90. The molecule has 2 bridgehead atoms. The summed E-state index contributed by atoms with van der Waals surface area (Å²) in [6, 6.07) is 7.58. The molecule has 2 N–H and O–H groups in total. The van der Waals surface area contributed by atoms with E-state index in [0.717, 1.165) is 18.7 Å². The molecule has 6 atom stereocenters. The average molecular weight is 544 g/mol. The van der Waals surface area contributed by atoms with E-state index in [1.807, 2.05) is 37.3 Å². The van der Waals surface area contributed by atoms with Crippen molar-refractivity contribution >= 4 is 29.5 Å². The Labute approximate surface area is 227 Å². The highest BCUT2D eigenvalue weighted by molar-refractivity contribution is 8.02. The molecule has 0 saturated carbocycles. The summed E-state index contributed by atoms with van der Waals surface area (Å²) >= 11 is 1.51. The zero-order valence-electron chi connectivity index (χ0n) is 21.8. The molecule has 4 saturated heterocycles. The molecule has 5 rings (SSSR count). The molecule has 1 aromatic rings. The first kappa shape index (κ1) is 27.2. The molecule has 1 spiro atoms. The Morgan fingerprint density at radius 1 is 1.26 bits per heavy atom. The van der Waals surface area contributed by atoms with E-state index in [-0.39, 0.29) is 18.4 Å². The fourth-order valence-electron chi connectivity index (χ4n) is 7.09. The van der Waals surface area contributed by atoms with Gasteiger partial charge in [-0.2, -0.15) is 0 Å². The molecule has 1 aromatic carbocycles. The highest BCUT2D eigenvalue weighted by Gasteiger charge is 2.78. The van der Waals surface area contributed by atoms with Gasteiger partial charge in [0.1, 0.15) is 6.04 Å². The van der Waals surface area contributed by atoms with E-state index >= 15 is 0 Å². The maximum atomic E-state index is 14.5. The van der Waals surface area contributed by atoms with E-state index in [4.69, 9.17) is 4.74 Å². The van der Waals surface area contributed by atoms with Crippen LogP contribution in [-0.4, -0.2) is 111 Å². The SMILES string of the molecule is C=CCN(CCN1CCOCC1)C(=O)C1N([C@H](CO)c2ccccc2)C(=O)[C@@H]2[C@H](C(=O)O)[C@]3(C)CCC12S3. The highest BCUT2D eigenvalue weighted by Crippen LogP contribution is 2.72. The normalized spacial score (nSPS) is 33.3. The number of aliphatic hydroxyl groups is 1. The number of amides is 2. The first-order valence-electron chi connectivity index (χ1n) is 13.4. The molecule has 4 heterocycles. The summed E-state index contributed by atoms with van der Waals surface area (Å²) in [5, 5.41) is 20.8. The van der Waals surface area contributed by atoms with Crippen molar-refractivity contribution in [3.05, 3.63) is 48.6 Å². The Bertz CT molecular complexity index is 1080. The van der Waals surface area contributed by atoms with Gasteiger partial charge in [-0.25, -0.2) is 0 Å². The number of carbonyl (C=O) groups excluding carboxylic acids is 2. The summed E-state index contributed by atoms with van der Waals surface area (Å²) in [7, 11) is 0. The van der Waals surface area contributed by atoms with Gasteiger partial charge in [-0.15, -0.1) is 18.3 Å². The van der Waals surface area contributed by atoms with Crippen molar-refractivity contribution < 1.29 is 29.3 Å². The van der Waals surface area contributed by atoms with Crippen LogP contribution in [0.4, 0.5) is 0 Å². The lowest BCUT2D eigenvalue weighted by Gasteiger charge is -2.40. The molecular weight excluding hydrogens is 506 g/mol. The number of likely N-dealkylation sites (tertiary alicyclic amines) is 1. The second-order valence-electron chi connectivity index (χ2n) is 10.9. The Balaban J connectivity index is 1.54. The summed E-state index contributed by atoms with van der Waals surface area (Å²) in [5.41, 5.74) is 0.721. The number of aliphatic carboxylic acids is 1. The number of ether oxygens (including phenoxy) is 1. The lowest BCUT2D eigenvalue weighted by molar-refractivity contribution is -0.151. The molecule has 38 heavy (non-hydrogen) atoms. The predicted octanol–water partition coefficient (Wildman–Crippen LogP) is 1.63. The van der Waals surface area contributed by atoms with Gasteiger partial charge in [0.15, 0.2) is 0 Å². The third-order valence-corrected chi connectivity index (χ3v) is 10.8. The molecule has 0 aromatic heterocycles. The predicted molar refractivity (Wildman–Crippen MR) is 144 cm³/mol. The third kappa shape index (κ3) is 4.35. The molecule has 10 heteroatoms. The molecule has 2 amide bonds. The number of morpholine rings is 1. The van der Waals surface area contributed by atoms with Gasteiger partial charge in [0, 0.05) is 37.5 Å². The summed E-state index contributed by atoms with van der Waals surface area (Å²) in [5.74, 6) is -3.25. The third-order valence-electron chi connectivity index (χ3n) is 8.86. The minimum atomic E-state index is -0.997. The van der Waals surface area contributed by atoms with E-state index in [1.54, 1.807) is 11.0 Å². The zero-order chi connectivity index (χ0) is 27.1. The van der Waals surface area contributed by atoms with Crippen LogP contribution < -0.4 is 0 Å². The molecule has 4 aliphatic heterocycles. The fourth-order valence-corrected chi connectivity index (χ4v) is 9.42. The zero-order valence-corrected chi connectivity index (χ0v) is 22.6. The standard InChI is InChI=1S/C28H37N3O6S/c1-3-11-30(13-12-29-14-16-37-17-15-29)25(34)23-28-10-9-27(2,38-28)22(26(35)36)21(28)24(33)31(23)20(18-32)19-7-5-4-6-8-19/h3-8,20-23,32H,1,9-18H2,2H3,(H,35,36)/t20-,21+,22-,23?,27+,28?/m1/s1. The van der Waals surface area contributed by atoms with Crippen molar-refractivity contribution in [1.82, 2.24) is 14.7 Å². The van der Waals surface area contributed by atoms with E-state index in [2.05, 4.69) is 11.5 Å². The largest absolute Gasteiger partial charge is 0.481 e. The number of aliphatic hydroxyl groups excluding tert-OH is 1. The monoisotopic (exact) mass is 543 g/mol.